The molecule has 0 aromatic heterocycles. The molecular formula is C19H34ClN3O3. The van der Waals surface area contributed by atoms with E-state index in [1.54, 1.807) is 0 Å². The van der Waals surface area contributed by atoms with Crippen LogP contribution in [0.3, 0.4) is 0 Å². The fraction of sp³-hybridized carbons (Fsp3) is 0.895. The first-order valence-corrected chi connectivity index (χ1v) is 9.98. The Morgan fingerprint density at radius 3 is 2.15 bits per heavy atom. The molecule has 0 aromatic carbocycles. The van der Waals surface area contributed by atoms with E-state index in [9.17, 15) is 9.59 Å². The standard InChI is InChI=1S/C19H33N3O3.ClH/c20-15-19(6-2-1-3-7-19)14-17(23)21-8-4-16(5-9-21)18(24)22-10-12-25-13-11-22;/h16H,1-15,20H2;1H. The van der Waals surface area contributed by atoms with Crippen molar-refractivity contribution in [2.75, 3.05) is 45.9 Å². The maximum Gasteiger partial charge on any atom is 0.225 e. The van der Waals surface area contributed by atoms with E-state index in [1.165, 1.54) is 19.3 Å². The van der Waals surface area contributed by atoms with Gasteiger partial charge in [0.25, 0.3) is 0 Å². The number of carbonyl (C=O) groups excluding carboxylic acids is 2. The fourth-order valence-electron chi connectivity index (χ4n) is 4.61. The monoisotopic (exact) mass is 387 g/mol. The zero-order chi connectivity index (χ0) is 17.7. The predicted molar refractivity (Wildman–Crippen MR) is 103 cm³/mol. The summed E-state index contributed by atoms with van der Waals surface area (Å²) in [6.45, 7) is 4.73. The van der Waals surface area contributed by atoms with Gasteiger partial charge in [-0.05, 0) is 37.6 Å². The maximum atomic E-state index is 12.8. The summed E-state index contributed by atoms with van der Waals surface area (Å²) in [5, 5.41) is 0. The molecule has 3 fully saturated rings. The van der Waals surface area contributed by atoms with Crippen molar-refractivity contribution < 1.29 is 14.3 Å². The molecule has 3 rings (SSSR count). The van der Waals surface area contributed by atoms with Crippen LogP contribution in [0.4, 0.5) is 0 Å². The van der Waals surface area contributed by atoms with Gasteiger partial charge < -0.3 is 20.3 Å². The van der Waals surface area contributed by atoms with Gasteiger partial charge in [0.2, 0.25) is 11.8 Å². The van der Waals surface area contributed by atoms with Crippen LogP contribution in [0.2, 0.25) is 0 Å². The highest BCUT2D eigenvalue weighted by Crippen LogP contribution is 2.39. The first kappa shape index (κ1) is 21.5. The number of nitrogens with zero attached hydrogens (tertiary/aromatic N) is 2. The lowest BCUT2D eigenvalue weighted by molar-refractivity contribution is -0.144. The summed E-state index contributed by atoms with van der Waals surface area (Å²) in [7, 11) is 0. The lowest BCUT2D eigenvalue weighted by atomic mass is 9.71. The topological polar surface area (TPSA) is 75.9 Å². The lowest BCUT2D eigenvalue weighted by Crippen LogP contribution is -2.48. The van der Waals surface area contributed by atoms with Crippen molar-refractivity contribution in [3.05, 3.63) is 0 Å². The van der Waals surface area contributed by atoms with Crippen LogP contribution < -0.4 is 5.73 Å². The number of ether oxygens (including phenoxy) is 1. The third kappa shape index (κ3) is 5.11. The number of nitrogens with two attached hydrogens (primary N) is 1. The number of rotatable bonds is 4. The summed E-state index contributed by atoms with van der Waals surface area (Å²) in [6, 6.07) is 0. The van der Waals surface area contributed by atoms with E-state index in [4.69, 9.17) is 10.5 Å². The molecule has 1 saturated carbocycles. The van der Waals surface area contributed by atoms with Gasteiger partial charge in [-0.3, -0.25) is 9.59 Å². The zero-order valence-electron chi connectivity index (χ0n) is 15.8. The SMILES string of the molecule is Cl.NCC1(CC(=O)N2CCC(C(=O)N3CCOCC3)CC2)CCCCC1. The molecule has 0 radical (unpaired) electrons. The second-order valence-corrected chi connectivity index (χ2v) is 8.03. The zero-order valence-corrected chi connectivity index (χ0v) is 16.6. The Hall–Kier alpha value is -0.850. The van der Waals surface area contributed by atoms with E-state index in [2.05, 4.69) is 0 Å². The first-order chi connectivity index (χ1) is 12.1. The molecule has 0 aromatic rings. The minimum Gasteiger partial charge on any atom is -0.378 e. The van der Waals surface area contributed by atoms with E-state index in [-0.39, 0.29) is 35.6 Å². The smallest absolute Gasteiger partial charge is 0.225 e. The molecule has 0 bridgehead atoms. The molecule has 26 heavy (non-hydrogen) atoms. The third-order valence-electron chi connectivity index (χ3n) is 6.39. The highest BCUT2D eigenvalue weighted by molar-refractivity contribution is 5.85. The van der Waals surface area contributed by atoms with Crippen molar-refractivity contribution in [3.63, 3.8) is 0 Å². The lowest BCUT2D eigenvalue weighted by Gasteiger charge is -2.39. The first-order valence-electron chi connectivity index (χ1n) is 9.98. The van der Waals surface area contributed by atoms with Gasteiger partial charge >= 0.3 is 0 Å². The summed E-state index contributed by atoms with van der Waals surface area (Å²) in [4.78, 5) is 29.3. The Bertz CT molecular complexity index is 469. The van der Waals surface area contributed by atoms with Gasteiger partial charge in [0.05, 0.1) is 13.2 Å². The number of hydrogen-bond donors (Lipinski definition) is 1. The molecule has 2 amide bonds. The van der Waals surface area contributed by atoms with Crippen LogP contribution >= 0.6 is 12.4 Å². The van der Waals surface area contributed by atoms with Gasteiger partial charge in [0, 0.05) is 38.5 Å². The number of piperidine rings is 1. The maximum absolute atomic E-state index is 12.8. The van der Waals surface area contributed by atoms with Gasteiger partial charge in [0.15, 0.2) is 0 Å². The van der Waals surface area contributed by atoms with E-state index >= 15 is 0 Å². The highest BCUT2D eigenvalue weighted by atomic mass is 35.5. The molecule has 0 atom stereocenters. The molecule has 150 valence electrons. The second kappa shape index (κ2) is 9.90. The highest BCUT2D eigenvalue weighted by Gasteiger charge is 2.36. The van der Waals surface area contributed by atoms with Crippen LogP contribution in [0.5, 0.6) is 0 Å². The molecular weight excluding hydrogens is 354 g/mol. The normalized spacial score (nSPS) is 24.0. The fourth-order valence-corrected chi connectivity index (χ4v) is 4.61. The van der Waals surface area contributed by atoms with Gasteiger partial charge in [-0.1, -0.05) is 19.3 Å². The van der Waals surface area contributed by atoms with Crippen LogP contribution in [0, 0.1) is 11.3 Å². The largest absolute Gasteiger partial charge is 0.378 e. The average molecular weight is 388 g/mol. The molecule has 3 aliphatic rings. The second-order valence-electron chi connectivity index (χ2n) is 8.03. The number of halogens is 1. The van der Waals surface area contributed by atoms with Gasteiger partial charge in [-0.15, -0.1) is 12.4 Å². The summed E-state index contributed by atoms with van der Waals surface area (Å²) >= 11 is 0. The molecule has 2 heterocycles. The van der Waals surface area contributed by atoms with Crippen molar-refractivity contribution in [1.29, 1.82) is 0 Å². The molecule has 1 aliphatic carbocycles. The van der Waals surface area contributed by atoms with Crippen LogP contribution in [-0.4, -0.2) is 67.6 Å². The number of morpholine rings is 1. The van der Waals surface area contributed by atoms with Crippen LogP contribution in [0.15, 0.2) is 0 Å². The Labute approximate surface area is 163 Å². The van der Waals surface area contributed by atoms with Crippen molar-refractivity contribution in [3.8, 4) is 0 Å². The minimum absolute atomic E-state index is 0. The number of likely N-dealkylation sites (tertiary alicyclic amines) is 1. The predicted octanol–water partition coefficient (Wildman–Crippen LogP) is 1.80. The van der Waals surface area contributed by atoms with E-state index < -0.39 is 0 Å². The molecule has 2 saturated heterocycles. The minimum atomic E-state index is 0. The number of hydrogen-bond acceptors (Lipinski definition) is 4. The Balaban J connectivity index is 0.00000243. The van der Waals surface area contributed by atoms with E-state index in [0.717, 1.165) is 25.7 Å². The molecule has 0 unspecified atom stereocenters. The van der Waals surface area contributed by atoms with Crippen molar-refractivity contribution in [2.24, 2.45) is 17.1 Å². The summed E-state index contributed by atoms with van der Waals surface area (Å²) in [5.41, 5.74) is 6.05. The molecule has 7 heteroatoms. The third-order valence-corrected chi connectivity index (χ3v) is 6.39. The van der Waals surface area contributed by atoms with Gasteiger partial charge in [0.1, 0.15) is 0 Å². The Morgan fingerprint density at radius 2 is 1.58 bits per heavy atom. The van der Waals surface area contributed by atoms with Crippen LogP contribution in [0.25, 0.3) is 0 Å². The van der Waals surface area contributed by atoms with Crippen LogP contribution in [0.1, 0.15) is 51.4 Å². The van der Waals surface area contributed by atoms with Gasteiger partial charge in [-0.25, -0.2) is 0 Å². The molecule has 2 aliphatic heterocycles. The van der Waals surface area contributed by atoms with Crippen molar-refractivity contribution in [2.45, 2.75) is 51.4 Å². The van der Waals surface area contributed by atoms with E-state index in [0.29, 0.717) is 52.4 Å². The summed E-state index contributed by atoms with van der Waals surface area (Å²) in [6.07, 6.45) is 8.00. The summed E-state index contributed by atoms with van der Waals surface area (Å²) in [5.74, 6) is 0.561. The Morgan fingerprint density at radius 1 is 0.962 bits per heavy atom. The summed E-state index contributed by atoms with van der Waals surface area (Å²) < 4.78 is 5.32. The Kier molecular flexibility index (Phi) is 8.17. The molecule has 2 N–H and O–H groups in total. The number of carbonyl (C=O) groups is 2. The van der Waals surface area contributed by atoms with Crippen molar-refractivity contribution in [1.82, 2.24) is 9.80 Å². The quantitative estimate of drug-likeness (QED) is 0.798. The van der Waals surface area contributed by atoms with Crippen LogP contribution in [-0.2, 0) is 14.3 Å². The van der Waals surface area contributed by atoms with E-state index in [1.807, 2.05) is 9.80 Å². The molecule has 6 nitrogen and oxygen atoms in total. The average Bonchev–Trinajstić information content (AvgIpc) is 2.69. The van der Waals surface area contributed by atoms with Crippen molar-refractivity contribution >= 4 is 24.2 Å². The molecule has 0 spiro atoms. The van der Waals surface area contributed by atoms with Gasteiger partial charge in [-0.2, -0.15) is 0 Å². The number of amides is 2.